The van der Waals surface area contributed by atoms with Crippen LogP contribution in [0.25, 0.3) is 44.3 Å². The molecule has 4 aromatic heterocycles. The lowest BCUT2D eigenvalue weighted by Crippen LogP contribution is -2.28. The molecule has 78 heavy (non-hydrogen) atoms. The molecule has 10 rings (SSSR count). The number of benzene rings is 4. The molecule has 0 saturated heterocycles. The van der Waals surface area contributed by atoms with Gasteiger partial charge < -0.3 is 49.3 Å². The summed E-state index contributed by atoms with van der Waals surface area (Å²) in [5.41, 5.74) is 8.59. The average molecular weight is 1100 g/mol. The van der Waals surface area contributed by atoms with Crippen LogP contribution in [-0.4, -0.2) is 131 Å². The molecule has 4 aromatic carbocycles. The number of ether oxygens (including phenoxy) is 2. The Morgan fingerprint density at radius 1 is 0.705 bits per heavy atom. The normalized spacial score (nSPS) is 13.4. The third-order valence-corrected chi connectivity index (χ3v) is 12.8. The zero-order valence-corrected chi connectivity index (χ0v) is 43.8. The molecule has 0 unspecified atom stereocenters. The maximum atomic E-state index is 13.9. The van der Waals surface area contributed by atoms with Gasteiger partial charge in [0.2, 0.25) is 17.7 Å². The molecule has 6 heterocycles. The predicted molar refractivity (Wildman–Crippen MR) is 313 cm³/mol. The first-order valence-corrected chi connectivity index (χ1v) is 24.2. The monoisotopic (exact) mass is 1100 g/mol. The molecule has 0 bridgehead atoms. The molecule has 2 aliphatic heterocycles. The van der Waals surface area contributed by atoms with Gasteiger partial charge in [-0.15, -0.1) is 12.4 Å². The van der Waals surface area contributed by atoms with Gasteiger partial charge in [-0.1, -0.05) is 51.3 Å². The molecule has 0 atom stereocenters. The summed E-state index contributed by atoms with van der Waals surface area (Å²) in [5.74, 6) is -0.000673. The van der Waals surface area contributed by atoms with Crippen molar-refractivity contribution in [2.45, 2.75) is 53.6 Å². The first-order chi connectivity index (χ1) is 38.6. The molecular formula is C56H72ClFN14O6. The highest BCUT2D eigenvalue weighted by molar-refractivity contribution is 5.98. The zero-order valence-electron chi connectivity index (χ0n) is 49.0. The lowest BCUT2D eigenvalue weighted by molar-refractivity contribution is -0.387. The number of aryl methyl sites for hydroxylation is 4. The number of anilines is 5. The quantitative estimate of drug-likeness (QED) is 0.0571. The number of nitrogens with zero attached hydrogens (tertiary/aromatic N) is 11. The lowest BCUT2D eigenvalue weighted by atomic mass is 10.0. The Balaban J connectivity index is 0.000000261. The predicted octanol–water partition coefficient (Wildman–Crippen LogP) is 11.0. The lowest BCUT2D eigenvalue weighted by Gasteiger charge is -2.22. The van der Waals surface area contributed by atoms with Gasteiger partial charge in [-0.3, -0.25) is 20.2 Å². The molecule has 0 fully saturated rings. The summed E-state index contributed by atoms with van der Waals surface area (Å²) in [7, 11) is 9.38. The molecule has 3 N–H and O–H groups in total. The van der Waals surface area contributed by atoms with Gasteiger partial charge in [0.25, 0.3) is 5.69 Å². The summed E-state index contributed by atoms with van der Waals surface area (Å²) >= 11 is 0. The number of halogens is 2. The second kappa shape index (κ2) is 27.4. The van der Waals surface area contributed by atoms with Gasteiger partial charge in [-0.2, -0.15) is 4.39 Å². The Labute approximate surface area is 469 Å². The smallest absolute Gasteiger partial charge is 0.307 e. The molecule has 0 aliphatic carbocycles. The van der Waals surface area contributed by atoms with E-state index < -0.39 is 35.3 Å². The number of hydrogen-bond acceptors (Lipinski definition) is 16. The molecule has 22 heteroatoms. The van der Waals surface area contributed by atoms with Crippen molar-refractivity contribution in [3.05, 3.63) is 135 Å². The van der Waals surface area contributed by atoms with Crippen molar-refractivity contribution in [3.8, 4) is 34.0 Å². The fraction of sp³-hybridized carbons (Fsp3) is 0.357. The van der Waals surface area contributed by atoms with Crippen molar-refractivity contribution in [2.75, 3.05) is 98.1 Å². The topological polar surface area (TPSA) is 212 Å². The summed E-state index contributed by atoms with van der Waals surface area (Å²) in [6.07, 6.45) is 11.8. The van der Waals surface area contributed by atoms with Gasteiger partial charge in [0.05, 0.1) is 57.9 Å². The number of aromatic nitrogens is 6. The molecule has 0 amide bonds. The van der Waals surface area contributed by atoms with E-state index in [0.717, 1.165) is 84.2 Å². The standard InChI is InChI=1S/C27H31N7O3.C22H18FN5O3.C5H14N2.2CH4.ClH/c1-31(2)13-14-32(3)23-16-25(37-4)22(15-24(23)34(35)36)30-27-28-11-10-21(29-27)20-17-33-12-6-8-18-7-5-9-19(20)26(18)33;1-31-20-10-16(23)19(28(29)30)11-18(20)26-22-24-8-7-17(25-22)15-12-27-9-3-5-13-4-2-6-14(15)21(13)27;1-6-4-5-7(2)3;;;/h5,7,9-11,15-17H,6,8,12-14H2,1-4H3,(H,28,29,30);2,4,6-8,10-12H,3,5,9H2,1H3,(H,24,25,26);6H,4-5H2,1-3H3;2*1H4;1H/i1D3;;2D3;;;. The molecule has 416 valence electrons. The van der Waals surface area contributed by atoms with Crippen LogP contribution >= 0.6 is 12.4 Å². The van der Waals surface area contributed by atoms with Crippen LogP contribution in [0.4, 0.5) is 44.7 Å². The van der Waals surface area contributed by atoms with Crippen LogP contribution in [0.2, 0.25) is 0 Å². The van der Waals surface area contributed by atoms with Crippen molar-refractivity contribution in [2.24, 2.45) is 0 Å². The van der Waals surface area contributed by atoms with Crippen molar-refractivity contribution in [1.29, 1.82) is 0 Å². The van der Waals surface area contributed by atoms with E-state index in [9.17, 15) is 24.6 Å². The van der Waals surface area contributed by atoms with Gasteiger partial charge in [-0.05, 0) is 84.0 Å². The second-order valence-electron chi connectivity index (χ2n) is 18.0. The maximum absolute atomic E-state index is 13.9. The number of rotatable bonds is 17. The van der Waals surface area contributed by atoms with Crippen molar-refractivity contribution < 1.29 is 31.9 Å². The maximum Gasteiger partial charge on any atom is 0.307 e. The minimum Gasteiger partial charge on any atom is -0.494 e. The van der Waals surface area contributed by atoms with E-state index in [4.69, 9.17) is 22.7 Å². The van der Waals surface area contributed by atoms with Gasteiger partial charge >= 0.3 is 5.69 Å². The molecule has 20 nitrogen and oxygen atoms in total. The highest BCUT2D eigenvalue weighted by Crippen LogP contribution is 2.41. The highest BCUT2D eigenvalue weighted by Gasteiger charge is 2.25. The van der Waals surface area contributed by atoms with Crippen LogP contribution in [-0.2, 0) is 25.9 Å². The third kappa shape index (κ3) is 13.8. The van der Waals surface area contributed by atoms with E-state index >= 15 is 0 Å². The summed E-state index contributed by atoms with van der Waals surface area (Å²) in [4.78, 5) is 44.0. The number of para-hydroxylation sites is 2. The van der Waals surface area contributed by atoms with Crippen molar-refractivity contribution in [3.63, 3.8) is 0 Å². The number of nitro benzene ring substituents is 2. The molecular weight excluding hydrogens is 1020 g/mol. The molecule has 0 saturated carbocycles. The Hall–Kier alpha value is -7.98. The van der Waals surface area contributed by atoms with Gasteiger partial charge in [0, 0.05) is 125 Å². The summed E-state index contributed by atoms with van der Waals surface area (Å²) in [5, 5.41) is 34.3. The summed E-state index contributed by atoms with van der Waals surface area (Å²) in [6.45, 7) is -0.589. The van der Waals surface area contributed by atoms with Crippen LogP contribution in [0.1, 0.15) is 47.0 Å². The summed E-state index contributed by atoms with van der Waals surface area (Å²) < 4.78 is 72.6. The summed E-state index contributed by atoms with van der Waals surface area (Å²) in [6, 6.07) is 21.3. The minimum atomic E-state index is -2.25. The Morgan fingerprint density at radius 3 is 1.67 bits per heavy atom. The number of nitrogens with one attached hydrogen (secondary N) is 3. The Kier molecular flexibility index (Phi) is 18.3. The largest absolute Gasteiger partial charge is 0.494 e. The van der Waals surface area contributed by atoms with Crippen LogP contribution in [0.15, 0.2) is 97.6 Å². The molecule has 2 aliphatic rings. The SMILES string of the molecule is C.C.COc1cc(F)c([N+](=O)[O-])cc1Nc1nccc(-c2cn3c4c(cccc24)CCC3)n1.Cl.[2H]C([2H])([2H])N(C)CCN(C)c1cc(OC)c(Nc2nccc(-c3cn4c5c(cccc35)CCC4)n2)cc1[N+](=O)[O-].[2H]C([2H])([2H])N(C)CCNC. The fourth-order valence-corrected chi connectivity index (χ4v) is 9.22. The number of hydrogen-bond donors (Lipinski definition) is 3. The van der Waals surface area contributed by atoms with E-state index in [1.54, 1.807) is 44.5 Å². The van der Waals surface area contributed by atoms with Gasteiger partial charge in [-0.25, -0.2) is 19.9 Å². The fourth-order valence-electron chi connectivity index (χ4n) is 9.22. The number of methoxy groups -OCH3 is 2. The second-order valence-corrected chi connectivity index (χ2v) is 18.0. The van der Waals surface area contributed by atoms with E-state index in [2.05, 4.69) is 88.8 Å². The van der Waals surface area contributed by atoms with Crippen LogP contribution < -0.4 is 30.3 Å². The van der Waals surface area contributed by atoms with Crippen LogP contribution in [0.5, 0.6) is 11.5 Å². The number of likely N-dealkylation sites (N-methyl/N-ethyl adjacent to an activating group) is 4. The van der Waals surface area contributed by atoms with Crippen LogP contribution in [0.3, 0.4) is 0 Å². The Morgan fingerprint density at radius 2 is 1.19 bits per heavy atom. The Bertz CT molecular complexity index is 3590. The van der Waals surface area contributed by atoms with E-state index in [-0.39, 0.29) is 69.4 Å². The van der Waals surface area contributed by atoms with Crippen LogP contribution in [0, 0.1) is 26.0 Å². The minimum absolute atomic E-state index is 0. The molecule has 0 radical (unpaired) electrons. The third-order valence-electron chi connectivity index (χ3n) is 12.8. The zero-order chi connectivity index (χ0) is 58.3. The van der Waals surface area contributed by atoms with E-state index in [0.29, 0.717) is 30.2 Å². The van der Waals surface area contributed by atoms with E-state index in [1.807, 2.05) is 12.1 Å². The highest BCUT2D eigenvalue weighted by atomic mass is 35.5. The average Bonchev–Trinajstić information content (AvgIpc) is 1.94. The van der Waals surface area contributed by atoms with Gasteiger partial charge in [0.15, 0.2) is 0 Å². The van der Waals surface area contributed by atoms with E-state index in [1.165, 1.54) is 59.3 Å². The van der Waals surface area contributed by atoms with Gasteiger partial charge in [0.1, 0.15) is 17.2 Å². The number of nitro groups is 2. The first-order valence-electron chi connectivity index (χ1n) is 27.2. The molecule has 8 aromatic rings. The van der Waals surface area contributed by atoms with Crippen molar-refractivity contribution in [1.82, 2.24) is 44.2 Å². The first kappa shape index (κ1) is 52.1. The van der Waals surface area contributed by atoms with Crippen molar-refractivity contribution >= 4 is 74.5 Å². The molecule has 0 spiro atoms.